The van der Waals surface area contributed by atoms with Crippen molar-refractivity contribution in [3.05, 3.63) is 63.1 Å². The van der Waals surface area contributed by atoms with Crippen molar-refractivity contribution >= 4 is 33.4 Å². The summed E-state index contributed by atoms with van der Waals surface area (Å²) in [6.07, 6.45) is 3.44. The van der Waals surface area contributed by atoms with Gasteiger partial charge in [-0.2, -0.15) is 10.2 Å². The average molecular weight is 453 g/mol. The molecule has 1 amide bonds. The molecule has 0 spiro atoms. The van der Waals surface area contributed by atoms with Gasteiger partial charge in [-0.15, -0.1) is 0 Å². The Morgan fingerprint density at radius 1 is 1.41 bits per heavy atom. The van der Waals surface area contributed by atoms with Crippen molar-refractivity contribution in [3.63, 3.8) is 0 Å². The summed E-state index contributed by atoms with van der Waals surface area (Å²) in [5.74, 6) is 0.285. The molecule has 2 heterocycles. The minimum Gasteiger partial charge on any atom is -0.470 e. The molecular weight excluding hydrogens is 434 g/mol. The lowest BCUT2D eigenvalue weighted by molar-refractivity contribution is 0.0932. The second-order valence-electron chi connectivity index (χ2n) is 6.09. The van der Waals surface area contributed by atoms with Gasteiger partial charge >= 0.3 is 0 Å². The van der Waals surface area contributed by atoms with Crippen LogP contribution in [0.3, 0.4) is 0 Å². The summed E-state index contributed by atoms with van der Waals surface area (Å²) in [5.41, 5.74) is 2.29. The van der Waals surface area contributed by atoms with Crippen molar-refractivity contribution in [2.45, 2.75) is 26.6 Å². The van der Waals surface area contributed by atoms with Crippen LogP contribution in [0.4, 0.5) is 0 Å². The summed E-state index contributed by atoms with van der Waals surface area (Å²) in [7, 11) is 1.87. The molecule has 3 aromatic rings. The van der Waals surface area contributed by atoms with Crippen LogP contribution >= 0.6 is 27.5 Å². The average Bonchev–Trinajstić information content (AvgIpc) is 3.22. The van der Waals surface area contributed by atoms with Crippen LogP contribution in [0.1, 0.15) is 34.7 Å². The van der Waals surface area contributed by atoms with E-state index in [9.17, 15) is 4.79 Å². The number of ether oxygens (including phenoxy) is 1. The number of hydrogen-bond acceptors (Lipinski definition) is 4. The van der Waals surface area contributed by atoms with Gasteiger partial charge in [0.1, 0.15) is 11.4 Å². The fourth-order valence-corrected chi connectivity index (χ4v) is 3.30. The van der Waals surface area contributed by atoms with E-state index < -0.39 is 0 Å². The van der Waals surface area contributed by atoms with Gasteiger partial charge in [-0.1, -0.05) is 27.5 Å². The maximum absolute atomic E-state index is 12.4. The van der Waals surface area contributed by atoms with Crippen LogP contribution in [0, 0.1) is 6.92 Å². The standard InChI is InChI=1S/C18H19BrClN5O2/c1-11(14-9-21-24(3)12(14)2)22-18(26)16-6-7-25(23-16)10-27-17-5-4-13(19)8-15(17)20/h4-9,11H,10H2,1-3H3,(H,22,26). The van der Waals surface area contributed by atoms with Gasteiger partial charge in [-0.05, 0) is 38.1 Å². The maximum Gasteiger partial charge on any atom is 0.272 e. The summed E-state index contributed by atoms with van der Waals surface area (Å²) in [6.45, 7) is 4.02. The monoisotopic (exact) mass is 451 g/mol. The molecular formula is C18H19BrClN5O2. The number of aromatic nitrogens is 4. The predicted molar refractivity (Wildman–Crippen MR) is 106 cm³/mol. The summed E-state index contributed by atoms with van der Waals surface area (Å²) in [4.78, 5) is 12.4. The van der Waals surface area contributed by atoms with Crippen molar-refractivity contribution in [2.75, 3.05) is 0 Å². The van der Waals surface area contributed by atoms with E-state index in [0.717, 1.165) is 15.7 Å². The Kier molecular flexibility index (Phi) is 5.86. The Balaban J connectivity index is 1.61. The van der Waals surface area contributed by atoms with Crippen LogP contribution in [-0.2, 0) is 13.8 Å². The van der Waals surface area contributed by atoms with E-state index in [2.05, 4.69) is 31.4 Å². The Morgan fingerprint density at radius 2 is 2.19 bits per heavy atom. The van der Waals surface area contributed by atoms with E-state index >= 15 is 0 Å². The Morgan fingerprint density at radius 3 is 2.85 bits per heavy atom. The number of aryl methyl sites for hydroxylation is 1. The minimum absolute atomic E-state index is 0.145. The third-order valence-electron chi connectivity index (χ3n) is 4.21. The Bertz CT molecular complexity index is 969. The summed E-state index contributed by atoms with van der Waals surface area (Å²) < 4.78 is 9.83. The highest BCUT2D eigenvalue weighted by Crippen LogP contribution is 2.27. The first-order chi connectivity index (χ1) is 12.8. The van der Waals surface area contributed by atoms with Gasteiger partial charge < -0.3 is 10.1 Å². The first kappa shape index (κ1) is 19.4. The van der Waals surface area contributed by atoms with Crippen molar-refractivity contribution in [1.29, 1.82) is 0 Å². The van der Waals surface area contributed by atoms with E-state index in [0.29, 0.717) is 16.5 Å². The molecule has 0 aliphatic carbocycles. The largest absolute Gasteiger partial charge is 0.470 e. The third-order valence-corrected chi connectivity index (χ3v) is 5.00. The van der Waals surface area contributed by atoms with Crippen LogP contribution in [0.5, 0.6) is 5.75 Å². The lowest BCUT2D eigenvalue weighted by Gasteiger charge is -2.12. The SMILES string of the molecule is Cc1c(C(C)NC(=O)c2ccn(COc3ccc(Br)cc3Cl)n2)cnn1C. The highest BCUT2D eigenvalue weighted by atomic mass is 79.9. The smallest absolute Gasteiger partial charge is 0.272 e. The summed E-state index contributed by atoms with van der Waals surface area (Å²) in [5, 5.41) is 11.9. The molecule has 0 aliphatic heterocycles. The van der Waals surface area contributed by atoms with Crippen LogP contribution in [0.2, 0.25) is 5.02 Å². The van der Waals surface area contributed by atoms with E-state index in [1.807, 2.05) is 27.0 Å². The number of halogens is 2. The second-order valence-corrected chi connectivity index (χ2v) is 7.42. The lowest BCUT2D eigenvalue weighted by Crippen LogP contribution is -2.27. The first-order valence-corrected chi connectivity index (χ1v) is 9.43. The molecule has 1 N–H and O–H groups in total. The molecule has 1 aromatic carbocycles. The molecule has 7 nitrogen and oxygen atoms in total. The van der Waals surface area contributed by atoms with Gasteiger partial charge in [0.15, 0.2) is 6.73 Å². The van der Waals surface area contributed by atoms with E-state index in [1.165, 1.54) is 4.68 Å². The second kappa shape index (κ2) is 8.14. The zero-order chi connectivity index (χ0) is 19.6. The van der Waals surface area contributed by atoms with Crippen molar-refractivity contribution in [3.8, 4) is 5.75 Å². The molecule has 142 valence electrons. The van der Waals surface area contributed by atoms with Gasteiger partial charge in [0.25, 0.3) is 5.91 Å². The van der Waals surface area contributed by atoms with Gasteiger partial charge in [0.2, 0.25) is 0 Å². The number of hydrogen-bond donors (Lipinski definition) is 1. The van der Waals surface area contributed by atoms with Gasteiger partial charge in [0, 0.05) is 29.0 Å². The quantitative estimate of drug-likeness (QED) is 0.616. The normalized spacial score (nSPS) is 12.0. The number of carbonyl (C=O) groups is 1. The molecule has 0 saturated carbocycles. The highest BCUT2D eigenvalue weighted by molar-refractivity contribution is 9.10. The van der Waals surface area contributed by atoms with Crippen LogP contribution < -0.4 is 10.1 Å². The molecule has 0 radical (unpaired) electrons. The van der Waals surface area contributed by atoms with Crippen molar-refractivity contribution in [2.24, 2.45) is 7.05 Å². The molecule has 0 bridgehead atoms. The number of carbonyl (C=O) groups excluding carboxylic acids is 1. The van der Waals surface area contributed by atoms with Crippen LogP contribution in [0.25, 0.3) is 0 Å². The first-order valence-electron chi connectivity index (χ1n) is 8.26. The number of nitrogens with zero attached hydrogens (tertiary/aromatic N) is 4. The maximum atomic E-state index is 12.4. The van der Waals surface area contributed by atoms with Crippen LogP contribution in [-0.4, -0.2) is 25.5 Å². The number of nitrogens with one attached hydrogen (secondary N) is 1. The fraction of sp³-hybridized carbons (Fsp3) is 0.278. The Hall–Kier alpha value is -2.32. The zero-order valence-corrected chi connectivity index (χ0v) is 17.5. The number of amides is 1. The molecule has 0 fully saturated rings. The lowest BCUT2D eigenvalue weighted by atomic mass is 10.1. The van der Waals surface area contributed by atoms with Crippen molar-refractivity contribution in [1.82, 2.24) is 24.9 Å². The molecule has 1 atom stereocenters. The van der Waals surface area contributed by atoms with Gasteiger partial charge in [-0.25, -0.2) is 4.68 Å². The predicted octanol–water partition coefficient (Wildman–Crippen LogP) is 3.87. The fourth-order valence-electron chi connectivity index (χ4n) is 2.57. The highest BCUT2D eigenvalue weighted by Gasteiger charge is 2.17. The summed E-state index contributed by atoms with van der Waals surface area (Å²) in [6, 6.07) is 6.83. The van der Waals surface area contributed by atoms with E-state index in [1.54, 1.807) is 35.3 Å². The molecule has 0 aliphatic rings. The molecule has 2 aromatic heterocycles. The zero-order valence-electron chi connectivity index (χ0n) is 15.1. The summed E-state index contributed by atoms with van der Waals surface area (Å²) >= 11 is 9.47. The van der Waals surface area contributed by atoms with E-state index in [4.69, 9.17) is 16.3 Å². The molecule has 9 heteroatoms. The third kappa shape index (κ3) is 4.51. The topological polar surface area (TPSA) is 74.0 Å². The molecule has 3 rings (SSSR count). The van der Waals surface area contributed by atoms with Gasteiger partial charge in [-0.3, -0.25) is 9.48 Å². The number of benzene rings is 1. The Labute approximate surface area is 170 Å². The van der Waals surface area contributed by atoms with Crippen molar-refractivity contribution < 1.29 is 9.53 Å². The number of rotatable bonds is 6. The minimum atomic E-state index is -0.258. The van der Waals surface area contributed by atoms with E-state index in [-0.39, 0.29) is 18.7 Å². The van der Waals surface area contributed by atoms with Crippen LogP contribution in [0.15, 0.2) is 41.1 Å². The molecule has 0 saturated heterocycles. The molecule has 27 heavy (non-hydrogen) atoms. The van der Waals surface area contributed by atoms with Gasteiger partial charge in [0.05, 0.1) is 17.3 Å². The molecule has 1 unspecified atom stereocenters.